The molecule has 1 saturated carbocycles. The number of carbonyl (C=O) groups is 1. The van der Waals surface area contributed by atoms with Crippen molar-refractivity contribution in [1.29, 1.82) is 0 Å². The standard InChI is InChI=1S/C27H28N2O2/c1-27-16-20(17-30)25(31)22(15-18-9-5-3-6-10-18)23(27)14-13-21-24(29(2)28-26(21)27)19-11-7-4-8-12-19/h3-12,17,22-23,30H,13-16H2,1-2H3/b20-17-/t22-,23-,27-/m0/s1. The van der Waals surface area contributed by atoms with E-state index >= 15 is 0 Å². The number of benzene rings is 2. The second-order valence-corrected chi connectivity index (χ2v) is 9.22. The van der Waals surface area contributed by atoms with Crippen molar-refractivity contribution in [3.63, 3.8) is 0 Å². The number of rotatable bonds is 3. The summed E-state index contributed by atoms with van der Waals surface area (Å²) in [4.78, 5) is 13.3. The normalized spacial score (nSPS) is 26.5. The maximum Gasteiger partial charge on any atom is 0.165 e. The molecular formula is C27H28N2O2. The Hall–Kier alpha value is -3.14. The summed E-state index contributed by atoms with van der Waals surface area (Å²) in [6.07, 6.45) is 4.15. The molecule has 0 unspecified atom stereocenters. The Morgan fingerprint density at radius 1 is 1.13 bits per heavy atom. The van der Waals surface area contributed by atoms with Gasteiger partial charge in [0.25, 0.3) is 0 Å². The van der Waals surface area contributed by atoms with Crippen molar-refractivity contribution in [3.8, 4) is 11.3 Å². The van der Waals surface area contributed by atoms with Gasteiger partial charge in [0.05, 0.1) is 17.6 Å². The Labute approximate surface area is 183 Å². The topological polar surface area (TPSA) is 55.1 Å². The fraction of sp³-hybridized carbons (Fsp3) is 0.333. The largest absolute Gasteiger partial charge is 0.515 e. The monoisotopic (exact) mass is 412 g/mol. The molecule has 31 heavy (non-hydrogen) atoms. The Morgan fingerprint density at radius 2 is 1.81 bits per heavy atom. The van der Waals surface area contributed by atoms with Crippen LogP contribution in [0.3, 0.4) is 0 Å². The summed E-state index contributed by atoms with van der Waals surface area (Å²) >= 11 is 0. The highest BCUT2D eigenvalue weighted by molar-refractivity contribution is 5.98. The molecule has 2 aliphatic carbocycles. The molecular weight excluding hydrogens is 384 g/mol. The van der Waals surface area contributed by atoms with Gasteiger partial charge < -0.3 is 5.11 Å². The van der Waals surface area contributed by atoms with E-state index in [0.717, 1.165) is 24.8 Å². The minimum absolute atomic E-state index is 0.0940. The van der Waals surface area contributed by atoms with Crippen LogP contribution in [0.4, 0.5) is 0 Å². The number of aliphatic hydroxyl groups is 1. The van der Waals surface area contributed by atoms with Crippen molar-refractivity contribution >= 4 is 5.78 Å². The van der Waals surface area contributed by atoms with Crippen LogP contribution in [0.1, 0.15) is 36.6 Å². The lowest BCUT2D eigenvalue weighted by atomic mass is 9.54. The number of nitrogens with zero attached hydrogens (tertiary/aromatic N) is 2. The summed E-state index contributed by atoms with van der Waals surface area (Å²) in [6, 6.07) is 20.6. The van der Waals surface area contributed by atoms with E-state index in [9.17, 15) is 9.90 Å². The average Bonchev–Trinajstić information content (AvgIpc) is 3.14. The van der Waals surface area contributed by atoms with Crippen molar-refractivity contribution < 1.29 is 9.90 Å². The number of hydrogen-bond acceptors (Lipinski definition) is 3. The molecule has 4 heteroatoms. The molecule has 0 aliphatic heterocycles. The molecule has 2 aromatic carbocycles. The van der Waals surface area contributed by atoms with E-state index < -0.39 is 0 Å². The molecule has 0 amide bonds. The minimum atomic E-state index is -0.277. The maximum absolute atomic E-state index is 13.3. The third-order valence-electron chi connectivity index (χ3n) is 7.41. The van der Waals surface area contributed by atoms with Crippen LogP contribution in [-0.2, 0) is 30.1 Å². The van der Waals surface area contributed by atoms with Crippen LogP contribution in [0.5, 0.6) is 0 Å². The first-order chi connectivity index (χ1) is 15.0. The molecule has 5 rings (SSSR count). The number of allylic oxidation sites excluding steroid dienone is 1. The van der Waals surface area contributed by atoms with Gasteiger partial charge in [-0.05, 0) is 37.2 Å². The van der Waals surface area contributed by atoms with Gasteiger partial charge in [-0.3, -0.25) is 9.48 Å². The second-order valence-electron chi connectivity index (χ2n) is 9.22. The van der Waals surface area contributed by atoms with Crippen molar-refractivity contribution in [2.75, 3.05) is 0 Å². The number of hydrogen-bond donors (Lipinski definition) is 1. The lowest BCUT2D eigenvalue weighted by molar-refractivity contribution is -0.124. The Bertz CT molecular complexity index is 1150. The van der Waals surface area contributed by atoms with Crippen LogP contribution in [0.2, 0.25) is 0 Å². The molecule has 0 bridgehead atoms. The van der Waals surface area contributed by atoms with E-state index in [1.807, 2.05) is 36.0 Å². The zero-order valence-electron chi connectivity index (χ0n) is 18.1. The van der Waals surface area contributed by atoms with Gasteiger partial charge in [0.15, 0.2) is 5.78 Å². The zero-order valence-corrected chi connectivity index (χ0v) is 18.1. The molecule has 2 aliphatic rings. The summed E-state index contributed by atoms with van der Waals surface area (Å²) in [7, 11) is 2.01. The predicted molar refractivity (Wildman–Crippen MR) is 122 cm³/mol. The number of aryl methyl sites for hydroxylation is 1. The Kier molecular flexibility index (Phi) is 4.81. The molecule has 1 heterocycles. The summed E-state index contributed by atoms with van der Waals surface area (Å²) in [5.74, 6) is 0.154. The van der Waals surface area contributed by atoms with Crippen molar-refractivity contribution in [2.24, 2.45) is 18.9 Å². The zero-order chi connectivity index (χ0) is 21.6. The van der Waals surface area contributed by atoms with Crippen molar-refractivity contribution in [2.45, 2.75) is 38.0 Å². The van der Waals surface area contributed by atoms with Gasteiger partial charge >= 0.3 is 0 Å². The molecule has 0 radical (unpaired) electrons. The fourth-order valence-electron chi connectivity index (χ4n) is 5.99. The molecule has 0 spiro atoms. The van der Waals surface area contributed by atoms with Crippen molar-refractivity contribution in [3.05, 3.63) is 89.3 Å². The quantitative estimate of drug-likeness (QED) is 0.476. The average molecular weight is 413 g/mol. The number of aromatic nitrogens is 2. The Balaban J connectivity index is 1.61. The Morgan fingerprint density at radius 3 is 2.48 bits per heavy atom. The van der Waals surface area contributed by atoms with Gasteiger partial charge in [0, 0.05) is 35.1 Å². The summed E-state index contributed by atoms with van der Waals surface area (Å²) in [6.45, 7) is 2.24. The summed E-state index contributed by atoms with van der Waals surface area (Å²) < 4.78 is 2.00. The first kappa shape index (κ1) is 19.8. The third kappa shape index (κ3) is 3.13. The van der Waals surface area contributed by atoms with Crippen LogP contribution >= 0.6 is 0 Å². The highest BCUT2D eigenvalue weighted by atomic mass is 16.2. The molecule has 1 fully saturated rings. The van der Waals surface area contributed by atoms with E-state index in [4.69, 9.17) is 5.10 Å². The minimum Gasteiger partial charge on any atom is -0.515 e. The lowest BCUT2D eigenvalue weighted by Gasteiger charge is -2.48. The molecule has 1 N–H and O–H groups in total. The van der Waals surface area contributed by atoms with Gasteiger partial charge in [-0.2, -0.15) is 5.10 Å². The molecule has 3 atom stereocenters. The molecule has 4 nitrogen and oxygen atoms in total. The van der Waals surface area contributed by atoms with E-state index in [2.05, 4.69) is 43.3 Å². The number of ketones is 1. The number of Topliss-reactive ketones (excluding diaryl/α,β-unsaturated/α-hetero) is 1. The highest BCUT2D eigenvalue weighted by Gasteiger charge is 2.53. The van der Waals surface area contributed by atoms with Gasteiger partial charge in [-0.25, -0.2) is 0 Å². The van der Waals surface area contributed by atoms with E-state index in [1.54, 1.807) is 0 Å². The van der Waals surface area contributed by atoms with Crippen LogP contribution in [0.15, 0.2) is 72.5 Å². The van der Waals surface area contributed by atoms with Crippen LogP contribution in [0.25, 0.3) is 11.3 Å². The summed E-state index contributed by atoms with van der Waals surface area (Å²) in [5, 5.41) is 14.9. The van der Waals surface area contributed by atoms with Crippen LogP contribution < -0.4 is 0 Å². The van der Waals surface area contributed by atoms with Crippen LogP contribution in [0, 0.1) is 11.8 Å². The van der Waals surface area contributed by atoms with Crippen molar-refractivity contribution in [1.82, 2.24) is 9.78 Å². The van der Waals surface area contributed by atoms with Crippen LogP contribution in [-0.4, -0.2) is 20.7 Å². The maximum atomic E-state index is 13.3. The fourth-order valence-corrected chi connectivity index (χ4v) is 5.99. The lowest BCUT2D eigenvalue weighted by Crippen LogP contribution is -2.49. The number of fused-ring (bicyclic) bond motifs is 3. The first-order valence-electron chi connectivity index (χ1n) is 11.1. The first-order valence-corrected chi connectivity index (χ1v) is 11.1. The molecule has 0 saturated heterocycles. The van der Waals surface area contributed by atoms with Gasteiger partial charge in [-0.1, -0.05) is 67.6 Å². The molecule has 3 aromatic rings. The van der Waals surface area contributed by atoms with Gasteiger partial charge in [0.2, 0.25) is 0 Å². The molecule has 1 aromatic heterocycles. The van der Waals surface area contributed by atoms with E-state index in [-0.39, 0.29) is 23.0 Å². The summed E-state index contributed by atoms with van der Waals surface area (Å²) in [5.41, 5.74) is 6.14. The second kappa shape index (κ2) is 7.52. The highest BCUT2D eigenvalue weighted by Crippen LogP contribution is 2.54. The van der Waals surface area contributed by atoms with E-state index in [0.29, 0.717) is 18.4 Å². The SMILES string of the molecule is Cn1nc2c(c1-c1ccccc1)CC[C@H]1[C@H](Cc3ccccc3)C(=O)/C(=C\O)C[C@]21C. The predicted octanol–water partition coefficient (Wildman–Crippen LogP) is 5.18. The molecule has 158 valence electrons. The van der Waals surface area contributed by atoms with Gasteiger partial charge in [0.1, 0.15) is 0 Å². The van der Waals surface area contributed by atoms with E-state index in [1.165, 1.54) is 22.4 Å². The number of aliphatic hydroxyl groups excluding tert-OH is 1. The number of carbonyl (C=O) groups excluding carboxylic acids is 1. The smallest absolute Gasteiger partial charge is 0.165 e. The van der Waals surface area contributed by atoms with Gasteiger partial charge in [-0.15, -0.1) is 0 Å². The third-order valence-corrected chi connectivity index (χ3v) is 7.41.